The highest BCUT2D eigenvalue weighted by atomic mass is 79.9. The van der Waals surface area contributed by atoms with Gasteiger partial charge in [-0.3, -0.25) is 14.9 Å². The second-order valence-corrected chi connectivity index (χ2v) is 7.77. The Kier molecular flexibility index (Phi) is 7.74. The molecule has 0 fully saturated rings. The third-order valence-electron chi connectivity index (χ3n) is 4.54. The van der Waals surface area contributed by atoms with Crippen LogP contribution in [0.25, 0.3) is 6.08 Å². The number of aromatic carboxylic acids is 1. The first-order valence-electron chi connectivity index (χ1n) is 9.69. The van der Waals surface area contributed by atoms with Crippen molar-refractivity contribution in [1.82, 2.24) is 0 Å². The van der Waals surface area contributed by atoms with Gasteiger partial charge in [-0.15, -0.1) is 0 Å². The van der Waals surface area contributed by atoms with E-state index in [0.29, 0.717) is 15.8 Å². The van der Waals surface area contributed by atoms with Crippen LogP contribution in [0.5, 0.6) is 5.75 Å². The van der Waals surface area contributed by atoms with Crippen molar-refractivity contribution in [2.45, 2.75) is 6.61 Å². The number of carbonyl (C=O) groups excluding carboxylic acids is 1. The zero-order valence-corrected chi connectivity index (χ0v) is 19.0. The third kappa shape index (κ3) is 6.27. The molecule has 34 heavy (non-hydrogen) atoms. The predicted molar refractivity (Wildman–Crippen MR) is 127 cm³/mol. The zero-order valence-electron chi connectivity index (χ0n) is 17.4. The molecule has 0 spiro atoms. The summed E-state index contributed by atoms with van der Waals surface area (Å²) in [4.78, 5) is 33.8. The van der Waals surface area contributed by atoms with Crippen LogP contribution in [0.4, 0.5) is 11.4 Å². The first-order valence-corrected chi connectivity index (χ1v) is 10.5. The van der Waals surface area contributed by atoms with Crippen LogP contribution in [0.15, 0.2) is 76.8 Å². The molecule has 0 heterocycles. The van der Waals surface area contributed by atoms with Crippen LogP contribution >= 0.6 is 15.9 Å². The maximum Gasteiger partial charge on any atom is 0.335 e. The number of nitriles is 1. The number of hydrogen-bond acceptors (Lipinski definition) is 6. The number of nitro benzene ring substituents is 1. The normalized spacial score (nSPS) is 10.8. The molecule has 0 aliphatic rings. The molecule has 3 aromatic carbocycles. The van der Waals surface area contributed by atoms with Crippen LogP contribution in [-0.4, -0.2) is 21.9 Å². The number of ether oxygens (including phenoxy) is 1. The summed E-state index contributed by atoms with van der Waals surface area (Å²) in [6.07, 6.45) is 1.39. The average molecular weight is 522 g/mol. The number of hydrogen-bond donors (Lipinski definition) is 2. The Bertz CT molecular complexity index is 1330. The first-order chi connectivity index (χ1) is 16.3. The molecule has 2 N–H and O–H groups in total. The quantitative estimate of drug-likeness (QED) is 0.180. The van der Waals surface area contributed by atoms with Crippen molar-refractivity contribution in [2.75, 3.05) is 5.32 Å². The fourth-order valence-electron chi connectivity index (χ4n) is 2.84. The lowest BCUT2D eigenvalue weighted by molar-refractivity contribution is -0.384. The van der Waals surface area contributed by atoms with Crippen LogP contribution < -0.4 is 10.1 Å². The summed E-state index contributed by atoms with van der Waals surface area (Å²) in [5.74, 6) is -1.31. The minimum atomic E-state index is -1.13. The fourth-order valence-corrected chi connectivity index (χ4v) is 3.35. The largest absolute Gasteiger partial charge is 0.488 e. The number of nitro groups is 1. The summed E-state index contributed by atoms with van der Waals surface area (Å²) in [6, 6.07) is 18.5. The number of amides is 1. The van der Waals surface area contributed by atoms with Crippen molar-refractivity contribution in [1.29, 1.82) is 5.26 Å². The summed E-state index contributed by atoms with van der Waals surface area (Å²) in [5.41, 5.74) is 1.38. The Labute approximate surface area is 202 Å². The van der Waals surface area contributed by atoms with Crippen LogP contribution in [-0.2, 0) is 11.4 Å². The molecule has 10 heteroatoms. The van der Waals surface area contributed by atoms with E-state index in [0.717, 1.165) is 5.56 Å². The lowest BCUT2D eigenvalue weighted by Crippen LogP contribution is -2.13. The topological polar surface area (TPSA) is 143 Å². The molecule has 0 saturated carbocycles. The van der Waals surface area contributed by atoms with Gasteiger partial charge in [-0.05, 0) is 75.6 Å². The molecule has 0 atom stereocenters. The van der Waals surface area contributed by atoms with Gasteiger partial charge in [0.25, 0.3) is 11.6 Å². The summed E-state index contributed by atoms with van der Waals surface area (Å²) in [5, 5.41) is 31.7. The molecule has 3 rings (SSSR count). The summed E-state index contributed by atoms with van der Waals surface area (Å²) in [6.45, 7) is 0.188. The molecule has 0 bridgehead atoms. The molecule has 9 nitrogen and oxygen atoms in total. The molecule has 3 aromatic rings. The molecule has 0 unspecified atom stereocenters. The molecular weight excluding hydrogens is 506 g/mol. The number of non-ortho nitro benzene ring substituents is 1. The van der Waals surface area contributed by atoms with Crippen molar-refractivity contribution in [3.05, 3.63) is 104 Å². The Morgan fingerprint density at radius 1 is 1.15 bits per heavy atom. The van der Waals surface area contributed by atoms with Gasteiger partial charge in [0.2, 0.25) is 0 Å². The van der Waals surface area contributed by atoms with Crippen molar-refractivity contribution < 1.29 is 24.4 Å². The maximum absolute atomic E-state index is 12.5. The van der Waals surface area contributed by atoms with E-state index < -0.39 is 16.8 Å². The van der Waals surface area contributed by atoms with Crippen molar-refractivity contribution >= 4 is 45.3 Å². The number of carboxylic acid groups (broad SMARTS) is 1. The van der Waals surface area contributed by atoms with E-state index in [-0.39, 0.29) is 29.1 Å². The number of rotatable bonds is 8. The van der Waals surface area contributed by atoms with Gasteiger partial charge < -0.3 is 15.2 Å². The summed E-state index contributed by atoms with van der Waals surface area (Å²) < 4.78 is 6.32. The van der Waals surface area contributed by atoms with Crippen LogP contribution in [0.3, 0.4) is 0 Å². The number of benzene rings is 3. The Hall–Kier alpha value is -4.49. The maximum atomic E-state index is 12.5. The molecular formula is C24H16BrN3O6. The van der Waals surface area contributed by atoms with Crippen LogP contribution in [0.2, 0.25) is 0 Å². The third-order valence-corrected chi connectivity index (χ3v) is 5.16. The number of anilines is 1. The molecule has 170 valence electrons. The molecule has 1 amide bonds. The van der Waals surface area contributed by atoms with E-state index >= 15 is 0 Å². The van der Waals surface area contributed by atoms with Crippen LogP contribution in [0.1, 0.15) is 21.5 Å². The minimum absolute atomic E-state index is 0.00649. The lowest BCUT2D eigenvalue weighted by atomic mass is 10.1. The number of nitrogens with zero attached hydrogens (tertiary/aromatic N) is 2. The highest BCUT2D eigenvalue weighted by Crippen LogP contribution is 2.28. The number of halogens is 1. The molecule has 0 aliphatic heterocycles. The second-order valence-electron chi connectivity index (χ2n) is 6.91. The predicted octanol–water partition coefficient (Wildman–Crippen LogP) is 5.18. The van der Waals surface area contributed by atoms with Gasteiger partial charge in [0.05, 0.1) is 15.0 Å². The molecule has 0 aliphatic carbocycles. The SMILES string of the molecule is N#C/C(=C/c1ccc(OCc2ccc([N+](=O)[O-])cc2)c(Br)c1)C(=O)Nc1cccc(C(=O)O)c1. The molecule has 0 aromatic heterocycles. The molecule has 0 radical (unpaired) electrons. The Morgan fingerprint density at radius 2 is 1.88 bits per heavy atom. The van der Waals surface area contributed by atoms with E-state index in [1.165, 1.54) is 42.5 Å². The van der Waals surface area contributed by atoms with E-state index in [9.17, 15) is 25.0 Å². The average Bonchev–Trinajstić information content (AvgIpc) is 2.82. The van der Waals surface area contributed by atoms with Gasteiger partial charge in [-0.2, -0.15) is 5.26 Å². The standard InChI is InChI=1S/C24H16BrN3O6/c25-21-11-16(6-9-22(21)34-14-15-4-7-20(8-5-15)28(32)33)10-18(13-26)23(29)27-19-3-1-2-17(12-19)24(30)31/h1-12H,14H2,(H,27,29)(H,30,31)/b18-10-. The van der Waals surface area contributed by atoms with Gasteiger partial charge in [0, 0.05) is 17.8 Å². The van der Waals surface area contributed by atoms with E-state index in [4.69, 9.17) is 9.84 Å². The van der Waals surface area contributed by atoms with Crippen molar-refractivity contribution in [3.8, 4) is 11.8 Å². The number of carbonyl (C=O) groups is 2. The van der Waals surface area contributed by atoms with Gasteiger partial charge in [0.1, 0.15) is 24.0 Å². The summed E-state index contributed by atoms with van der Waals surface area (Å²) >= 11 is 3.39. The van der Waals surface area contributed by atoms with Crippen molar-refractivity contribution in [3.63, 3.8) is 0 Å². The highest BCUT2D eigenvalue weighted by Gasteiger charge is 2.12. The minimum Gasteiger partial charge on any atom is -0.488 e. The number of nitrogens with one attached hydrogen (secondary N) is 1. The smallest absolute Gasteiger partial charge is 0.335 e. The van der Waals surface area contributed by atoms with Crippen molar-refractivity contribution in [2.24, 2.45) is 0 Å². The number of carboxylic acids is 1. The first kappa shape index (κ1) is 24.2. The summed E-state index contributed by atoms with van der Waals surface area (Å²) in [7, 11) is 0. The van der Waals surface area contributed by atoms with E-state index in [1.54, 1.807) is 30.3 Å². The Balaban J connectivity index is 1.69. The van der Waals surface area contributed by atoms with Crippen LogP contribution in [0, 0.1) is 21.4 Å². The monoisotopic (exact) mass is 521 g/mol. The van der Waals surface area contributed by atoms with Gasteiger partial charge >= 0.3 is 5.97 Å². The van der Waals surface area contributed by atoms with Gasteiger partial charge in [-0.25, -0.2) is 4.79 Å². The molecule has 0 saturated heterocycles. The van der Waals surface area contributed by atoms with Gasteiger partial charge in [0.15, 0.2) is 0 Å². The van der Waals surface area contributed by atoms with Gasteiger partial charge in [-0.1, -0.05) is 12.1 Å². The van der Waals surface area contributed by atoms with E-state index in [2.05, 4.69) is 21.2 Å². The fraction of sp³-hybridized carbons (Fsp3) is 0.0417. The zero-order chi connectivity index (χ0) is 24.7. The lowest BCUT2D eigenvalue weighted by Gasteiger charge is -2.09. The van der Waals surface area contributed by atoms with E-state index in [1.807, 2.05) is 6.07 Å². The second kappa shape index (κ2) is 10.9. The highest BCUT2D eigenvalue weighted by molar-refractivity contribution is 9.10. The Morgan fingerprint density at radius 3 is 2.50 bits per heavy atom.